The average molecular weight is 203 g/mol. The highest BCUT2D eigenvalue weighted by Crippen LogP contribution is 2.05. The molecule has 0 amide bonds. The fourth-order valence-corrected chi connectivity index (χ4v) is 2.06. The quantitative estimate of drug-likeness (QED) is 0.650. The normalized spacial score (nSPS) is 15.7. The van der Waals surface area contributed by atoms with E-state index in [1.807, 2.05) is 11.8 Å². The van der Waals surface area contributed by atoms with E-state index in [1.165, 1.54) is 30.9 Å². The van der Waals surface area contributed by atoms with Crippen LogP contribution in [0.25, 0.3) is 0 Å². The summed E-state index contributed by atoms with van der Waals surface area (Å²) in [6, 6.07) is 0.671. The Morgan fingerprint density at radius 3 is 2.46 bits per heavy atom. The van der Waals surface area contributed by atoms with Gasteiger partial charge in [-0.1, -0.05) is 27.2 Å². The van der Waals surface area contributed by atoms with E-state index in [2.05, 4.69) is 33.0 Å². The molecule has 0 aliphatic rings. The maximum Gasteiger partial charge on any atom is 0.0130 e. The second-order valence-corrected chi connectivity index (χ2v) is 5.18. The minimum absolute atomic E-state index is 0.671. The molecule has 0 spiro atoms. The molecule has 0 aromatic carbocycles. The van der Waals surface area contributed by atoms with Crippen LogP contribution in [-0.2, 0) is 0 Å². The topological polar surface area (TPSA) is 12.0 Å². The fourth-order valence-electron chi connectivity index (χ4n) is 1.35. The summed E-state index contributed by atoms with van der Waals surface area (Å²) in [6.07, 6.45) is 2.65. The van der Waals surface area contributed by atoms with Gasteiger partial charge in [0, 0.05) is 11.8 Å². The van der Waals surface area contributed by atoms with Crippen LogP contribution in [0.2, 0.25) is 0 Å². The van der Waals surface area contributed by atoms with Crippen LogP contribution in [0.3, 0.4) is 0 Å². The van der Waals surface area contributed by atoms with Crippen molar-refractivity contribution in [1.29, 1.82) is 0 Å². The maximum atomic E-state index is 3.58. The molecule has 80 valence electrons. The van der Waals surface area contributed by atoms with Crippen molar-refractivity contribution >= 4 is 11.8 Å². The molecule has 0 aliphatic carbocycles. The number of hydrogen-bond donors (Lipinski definition) is 1. The number of thioether (sulfide) groups is 1. The van der Waals surface area contributed by atoms with E-state index >= 15 is 0 Å². The number of hydrogen-bond acceptors (Lipinski definition) is 2. The fraction of sp³-hybridized carbons (Fsp3) is 1.00. The van der Waals surface area contributed by atoms with Crippen molar-refractivity contribution < 1.29 is 0 Å². The Balaban J connectivity index is 3.29. The van der Waals surface area contributed by atoms with Crippen LogP contribution in [0.4, 0.5) is 0 Å². The molecule has 0 rings (SSSR count). The third-order valence-electron chi connectivity index (χ3n) is 2.17. The van der Waals surface area contributed by atoms with Crippen LogP contribution in [-0.4, -0.2) is 24.1 Å². The van der Waals surface area contributed by atoms with Gasteiger partial charge < -0.3 is 5.32 Å². The molecule has 2 atom stereocenters. The molecule has 13 heavy (non-hydrogen) atoms. The van der Waals surface area contributed by atoms with Gasteiger partial charge in [0.2, 0.25) is 0 Å². The van der Waals surface area contributed by atoms with Gasteiger partial charge in [0.1, 0.15) is 0 Å². The van der Waals surface area contributed by atoms with Gasteiger partial charge in [-0.05, 0) is 31.6 Å². The van der Waals surface area contributed by atoms with Gasteiger partial charge >= 0.3 is 0 Å². The Labute approximate surface area is 88.1 Å². The molecule has 2 heteroatoms. The van der Waals surface area contributed by atoms with Crippen molar-refractivity contribution in [2.24, 2.45) is 5.92 Å². The van der Waals surface area contributed by atoms with Crippen molar-refractivity contribution in [1.82, 2.24) is 5.32 Å². The minimum Gasteiger partial charge on any atom is -0.313 e. The third kappa shape index (κ3) is 8.63. The van der Waals surface area contributed by atoms with Gasteiger partial charge in [-0.15, -0.1) is 0 Å². The van der Waals surface area contributed by atoms with Crippen molar-refractivity contribution in [2.75, 3.05) is 18.1 Å². The van der Waals surface area contributed by atoms with Crippen molar-refractivity contribution in [3.05, 3.63) is 0 Å². The van der Waals surface area contributed by atoms with Crippen LogP contribution >= 0.6 is 11.8 Å². The lowest BCUT2D eigenvalue weighted by molar-refractivity contribution is 0.452. The van der Waals surface area contributed by atoms with Crippen LogP contribution in [0, 0.1) is 5.92 Å². The largest absolute Gasteiger partial charge is 0.313 e. The highest BCUT2D eigenvalue weighted by Gasteiger charge is 2.04. The van der Waals surface area contributed by atoms with Gasteiger partial charge in [0.05, 0.1) is 0 Å². The molecule has 0 aromatic heterocycles. The standard InChI is InChI=1S/C11H25NS/c1-5-7-10(3)8-12-11(4)9-13-6-2/h10-12H,5-9H2,1-4H3. The van der Waals surface area contributed by atoms with Crippen molar-refractivity contribution in [2.45, 2.75) is 46.6 Å². The third-order valence-corrected chi connectivity index (χ3v) is 3.31. The van der Waals surface area contributed by atoms with Crippen molar-refractivity contribution in [3.8, 4) is 0 Å². The van der Waals surface area contributed by atoms with E-state index in [-0.39, 0.29) is 0 Å². The molecule has 0 radical (unpaired) electrons. The van der Waals surface area contributed by atoms with Gasteiger partial charge in [-0.2, -0.15) is 11.8 Å². The van der Waals surface area contributed by atoms with E-state index in [4.69, 9.17) is 0 Å². The first-order valence-corrected chi connectivity index (χ1v) is 6.67. The van der Waals surface area contributed by atoms with E-state index < -0.39 is 0 Å². The Kier molecular flexibility index (Phi) is 9.10. The van der Waals surface area contributed by atoms with E-state index in [0.29, 0.717) is 6.04 Å². The molecular formula is C11H25NS. The molecule has 2 unspecified atom stereocenters. The Bertz CT molecular complexity index is 106. The highest BCUT2D eigenvalue weighted by atomic mass is 32.2. The van der Waals surface area contributed by atoms with Crippen LogP contribution in [0.15, 0.2) is 0 Å². The molecule has 0 fully saturated rings. The second-order valence-electron chi connectivity index (χ2n) is 3.86. The lowest BCUT2D eigenvalue weighted by Crippen LogP contribution is -2.32. The molecule has 0 aliphatic heterocycles. The SMILES string of the molecule is CCCC(C)CNC(C)CSCC. The van der Waals surface area contributed by atoms with Crippen LogP contribution in [0.1, 0.15) is 40.5 Å². The summed E-state index contributed by atoms with van der Waals surface area (Å²) in [5.41, 5.74) is 0. The number of nitrogens with one attached hydrogen (secondary N) is 1. The Hall–Kier alpha value is 0.310. The van der Waals surface area contributed by atoms with Gasteiger partial charge in [0.25, 0.3) is 0 Å². The summed E-state index contributed by atoms with van der Waals surface area (Å²) in [6.45, 7) is 10.3. The van der Waals surface area contributed by atoms with Gasteiger partial charge in [-0.25, -0.2) is 0 Å². The summed E-state index contributed by atoms with van der Waals surface area (Å²) in [4.78, 5) is 0. The van der Waals surface area contributed by atoms with Crippen LogP contribution in [0.5, 0.6) is 0 Å². The summed E-state index contributed by atoms with van der Waals surface area (Å²) in [5.74, 6) is 3.31. The zero-order chi connectivity index (χ0) is 10.1. The molecule has 1 N–H and O–H groups in total. The average Bonchev–Trinajstić information content (AvgIpc) is 2.12. The minimum atomic E-state index is 0.671. The molecular weight excluding hydrogens is 178 g/mol. The Morgan fingerprint density at radius 2 is 1.92 bits per heavy atom. The summed E-state index contributed by atoms with van der Waals surface area (Å²) < 4.78 is 0. The molecule has 0 aromatic rings. The summed E-state index contributed by atoms with van der Waals surface area (Å²) in [5, 5.41) is 3.58. The first-order valence-electron chi connectivity index (χ1n) is 5.51. The van der Waals surface area contributed by atoms with Gasteiger partial charge in [0.15, 0.2) is 0 Å². The number of rotatable bonds is 8. The highest BCUT2D eigenvalue weighted by molar-refractivity contribution is 7.99. The zero-order valence-corrected chi connectivity index (χ0v) is 10.4. The zero-order valence-electron chi connectivity index (χ0n) is 9.60. The Morgan fingerprint density at radius 1 is 1.23 bits per heavy atom. The molecule has 0 saturated carbocycles. The summed E-state index contributed by atoms with van der Waals surface area (Å²) >= 11 is 2.02. The van der Waals surface area contributed by atoms with E-state index in [1.54, 1.807) is 0 Å². The van der Waals surface area contributed by atoms with E-state index in [0.717, 1.165) is 5.92 Å². The molecule has 1 nitrogen and oxygen atoms in total. The summed E-state index contributed by atoms with van der Waals surface area (Å²) in [7, 11) is 0. The predicted molar refractivity (Wildman–Crippen MR) is 64.5 cm³/mol. The maximum absolute atomic E-state index is 3.58. The lowest BCUT2D eigenvalue weighted by Gasteiger charge is -2.16. The van der Waals surface area contributed by atoms with E-state index in [9.17, 15) is 0 Å². The monoisotopic (exact) mass is 203 g/mol. The van der Waals surface area contributed by atoms with Crippen molar-refractivity contribution in [3.63, 3.8) is 0 Å². The first-order chi connectivity index (χ1) is 6.20. The smallest absolute Gasteiger partial charge is 0.0130 e. The molecule has 0 heterocycles. The second kappa shape index (κ2) is 8.89. The predicted octanol–water partition coefficient (Wildman–Crippen LogP) is 3.15. The van der Waals surface area contributed by atoms with Gasteiger partial charge in [-0.3, -0.25) is 0 Å². The first kappa shape index (κ1) is 13.3. The molecule has 0 saturated heterocycles. The van der Waals surface area contributed by atoms with Crippen LogP contribution < -0.4 is 5.32 Å². The molecule has 0 bridgehead atoms. The lowest BCUT2D eigenvalue weighted by atomic mass is 10.1.